The van der Waals surface area contributed by atoms with E-state index in [2.05, 4.69) is 10.3 Å². The minimum atomic E-state index is 0.491. The highest BCUT2D eigenvalue weighted by molar-refractivity contribution is 6.42. The molecule has 0 saturated heterocycles. The number of aryl methyl sites for hydroxylation is 2. The maximum absolute atomic E-state index is 6.02. The zero-order chi connectivity index (χ0) is 14.5. The fourth-order valence-corrected chi connectivity index (χ4v) is 2.11. The Hall–Kier alpha value is -1.52. The topological polar surface area (TPSA) is 47.6 Å². The van der Waals surface area contributed by atoms with Crippen molar-refractivity contribution in [2.24, 2.45) is 5.16 Å². The van der Waals surface area contributed by atoms with E-state index in [1.54, 1.807) is 12.1 Å². The number of aromatic nitrogens is 1. The van der Waals surface area contributed by atoms with Crippen LogP contribution in [0.1, 0.15) is 23.4 Å². The Kier molecular flexibility index (Phi) is 5.04. The van der Waals surface area contributed by atoms with Crippen LogP contribution in [0.15, 0.2) is 33.9 Å². The predicted molar refractivity (Wildman–Crippen MR) is 79.6 cm³/mol. The first kappa shape index (κ1) is 14.9. The summed E-state index contributed by atoms with van der Waals surface area (Å²) in [6.07, 6.45) is 1.37. The van der Waals surface area contributed by atoms with Crippen LogP contribution in [-0.2, 0) is 11.3 Å². The van der Waals surface area contributed by atoms with Gasteiger partial charge in [-0.25, -0.2) is 0 Å². The quantitative estimate of drug-likeness (QED) is 0.611. The molecule has 1 heterocycles. The number of benzene rings is 1. The minimum Gasteiger partial charge on any atom is -0.399 e. The zero-order valence-corrected chi connectivity index (χ0v) is 12.7. The summed E-state index contributed by atoms with van der Waals surface area (Å²) in [4.78, 5) is 4.89. The molecule has 1 aromatic carbocycles. The highest BCUT2D eigenvalue weighted by Gasteiger charge is 2.09. The third kappa shape index (κ3) is 3.74. The number of halogens is 2. The summed E-state index contributed by atoms with van der Waals surface area (Å²) in [7, 11) is 1.51. The molecule has 106 valence electrons. The Morgan fingerprint density at radius 3 is 2.70 bits per heavy atom. The van der Waals surface area contributed by atoms with Gasteiger partial charge in [-0.2, -0.15) is 0 Å². The van der Waals surface area contributed by atoms with E-state index in [0.717, 1.165) is 22.7 Å². The maximum atomic E-state index is 6.02. The van der Waals surface area contributed by atoms with Crippen LogP contribution in [0.3, 0.4) is 0 Å². The zero-order valence-electron chi connectivity index (χ0n) is 11.2. The van der Waals surface area contributed by atoms with Crippen LogP contribution in [0, 0.1) is 6.92 Å². The van der Waals surface area contributed by atoms with E-state index in [1.807, 2.05) is 19.1 Å². The van der Waals surface area contributed by atoms with E-state index >= 15 is 0 Å². The lowest BCUT2D eigenvalue weighted by molar-refractivity contribution is 0.213. The van der Waals surface area contributed by atoms with Gasteiger partial charge in [-0.05, 0) is 31.9 Å². The van der Waals surface area contributed by atoms with Gasteiger partial charge in [0.15, 0.2) is 0 Å². The van der Waals surface area contributed by atoms with Crippen molar-refractivity contribution in [3.63, 3.8) is 0 Å². The normalized spacial score (nSPS) is 11.7. The van der Waals surface area contributed by atoms with Crippen LogP contribution in [0.5, 0.6) is 0 Å². The van der Waals surface area contributed by atoms with E-state index in [4.69, 9.17) is 32.6 Å². The molecular weight excluding hydrogens is 299 g/mol. The maximum Gasteiger partial charge on any atom is 0.133 e. The van der Waals surface area contributed by atoms with Crippen LogP contribution in [0.25, 0.3) is 0 Å². The second kappa shape index (κ2) is 6.77. The van der Waals surface area contributed by atoms with Gasteiger partial charge in [0.2, 0.25) is 0 Å². The average molecular weight is 313 g/mol. The minimum absolute atomic E-state index is 0.491. The molecule has 0 bridgehead atoms. The van der Waals surface area contributed by atoms with Gasteiger partial charge in [-0.3, -0.25) is 0 Å². The van der Waals surface area contributed by atoms with Crippen molar-refractivity contribution in [1.29, 1.82) is 0 Å². The van der Waals surface area contributed by atoms with Gasteiger partial charge in [-0.1, -0.05) is 39.6 Å². The molecule has 0 fully saturated rings. The lowest BCUT2D eigenvalue weighted by Crippen LogP contribution is -2.04. The molecule has 1 aromatic heterocycles. The number of oxime groups is 1. The highest BCUT2D eigenvalue weighted by Crippen LogP contribution is 2.23. The van der Waals surface area contributed by atoms with Gasteiger partial charge in [0, 0.05) is 11.6 Å². The van der Waals surface area contributed by atoms with Crippen molar-refractivity contribution in [3.8, 4) is 0 Å². The summed E-state index contributed by atoms with van der Waals surface area (Å²) < 4.78 is 5.04. The van der Waals surface area contributed by atoms with Crippen molar-refractivity contribution in [2.75, 3.05) is 7.11 Å². The Labute approximate surface area is 127 Å². The van der Waals surface area contributed by atoms with Crippen molar-refractivity contribution in [1.82, 2.24) is 5.16 Å². The molecule has 0 unspecified atom stereocenters. The summed E-state index contributed by atoms with van der Waals surface area (Å²) in [5.74, 6) is 0.791. The lowest BCUT2D eigenvalue weighted by atomic mass is 10.0. The van der Waals surface area contributed by atoms with Crippen LogP contribution < -0.4 is 0 Å². The number of hydrogen-bond donors (Lipinski definition) is 0. The standard InChI is InChI=1S/C14H14Cl2N2O2/c1-9-7-11(17-20-9)4-6-14(18-19-2)10-3-5-12(15)13(16)8-10/h3,5,7-8H,4,6H2,1-2H3/b18-14-. The first-order chi connectivity index (χ1) is 9.60. The molecule has 0 aliphatic rings. The summed E-state index contributed by atoms with van der Waals surface area (Å²) in [6.45, 7) is 1.86. The van der Waals surface area contributed by atoms with Crippen LogP contribution in [-0.4, -0.2) is 18.0 Å². The summed E-state index contributed by atoms with van der Waals surface area (Å²) >= 11 is 11.9. The van der Waals surface area contributed by atoms with Gasteiger partial charge < -0.3 is 9.36 Å². The third-order valence-corrected chi connectivity index (χ3v) is 3.49. The molecule has 2 rings (SSSR count). The second-order valence-corrected chi connectivity index (χ2v) is 5.09. The Morgan fingerprint density at radius 1 is 1.30 bits per heavy atom. The van der Waals surface area contributed by atoms with Crippen molar-refractivity contribution >= 4 is 28.9 Å². The smallest absolute Gasteiger partial charge is 0.133 e. The van der Waals surface area contributed by atoms with Crippen LogP contribution in [0.2, 0.25) is 10.0 Å². The van der Waals surface area contributed by atoms with E-state index in [1.165, 1.54) is 7.11 Å². The second-order valence-electron chi connectivity index (χ2n) is 4.28. The Bertz CT molecular complexity index is 623. The van der Waals surface area contributed by atoms with Crippen LogP contribution in [0.4, 0.5) is 0 Å². The summed E-state index contributed by atoms with van der Waals surface area (Å²) in [5, 5.41) is 9.00. The molecule has 20 heavy (non-hydrogen) atoms. The summed E-state index contributed by atoms with van der Waals surface area (Å²) in [6, 6.07) is 7.28. The molecule has 0 atom stereocenters. The molecule has 2 aromatic rings. The lowest BCUT2D eigenvalue weighted by Gasteiger charge is -2.06. The monoisotopic (exact) mass is 312 g/mol. The van der Waals surface area contributed by atoms with E-state index in [9.17, 15) is 0 Å². The summed E-state index contributed by atoms with van der Waals surface area (Å²) in [5.41, 5.74) is 2.54. The molecule has 0 amide bonds. The number of hydrogen-bond acceptors (Lipinski definition) is 4. The molecule has 0 saturated carbocycles. The number of rotatable bonds is 5. The van der Waals surface area contributed by atoms with Crippen molar-refractivity contribution < 1.29 is 9.36 Å². The van der Waals surface area contributed by atoms with Gasteiger partial charge in [-0.15, -0.1) is 0 Å². The van der Waals surface area contributed by atoms with Gasteiger partial charge >= 0.3 is 0 Å². The Balaban J connectivity index is 2.14. The van der Waals surface area contributed by atoms with Gasteiger partial charge in [0.1, 0.15) is 12.9 Å². The largest absolute Gasteiger partial charge is 0.399 e. The van der Waals surface area contributed by atoms with Crippen molar-refractivity contribution in [3.05, 3.63) is 51.3 Å². The molecule has 0 aliphatic heterocycles. The van der Waals surface area contributed by atoms with Gasteiger partial charge in [0.25, 0.3) is 0 Å². The van der Waals surface area contributed by atoms with E-state index in [0.29, 0.717) is 22.9 Å². The first-order valence-corrected chi connectivity index (χ1v) is 6.83. The van der Waals surface area contributed by atoms with Crippen LogP contribution >= 0.6 is 23.2 Å². The van der Waals surface area contributed by atoms with Crippen molar-refractivity contribution in [2.45, 2.75) is 19.8 Å². The molecule has 0 spiro atoms. The fraction of sp³-hybridized carbons (Fsp3) is 0.286. The molecule has 0 radical (unpaired) electrons. The SMILES string of the molecule is CO/N=C(/CCc1cc(C)on1)c1ccc(Cl)c(Cl)c1. The molecule has 0 N–H and O–H groups in total. The molecule has 6 heteroatoms. The molecular formula is C14H14Cl2N2O2. The predicted octanol–water partition coefficient (Wildman–Crippen LogP) is 4.27. The van der Waals surface area contributed by atoms with E-state index in [-0.39, 0.29) is 0 Å². The fourth-order valence-electron chi connectivity index (χ4n) is 1.81. The molecule has 0 aliphatic carbocycles. The number of nitrogens with zero attached hydrogens (tertiary/aromatic N) is 2. The first-order valence-electron chi connectivity index (χ1n) is 6.08. The Morgan fingerprint density at radius 2 is 2.10 bits per heavy atom. The average Bonchev–Trinajstić information content (AvgIpc) is 2.84. The molecule has 4 nitrogen and oxygen atoms in total. The third-order valence-electron chi connectivity index (χ3n) is 2.75. The van der Waals surface area contributed by atoms with Gasteiger partial charge in [0.05, 0.1) is 21.5 Å². The van der Waals surface area contributed by atoms with E-state index < -0.39 is 0 Å². The highest BCUT2D eigenvalue weighted by atomic mass is 35.5.